The van der Waals surface area contributed by atoms with Crippen molar-refractivity contribution in [1.82, 2.24) is 10.2 Å². The molecule has 1 saturated heterocycles. The van der Waals surface area contributed by atoms with Gasteiger partial charge in [0.1, 0.15) is 6.04 Å². The van der Waals surface area contributed by atoms with Gasteiger partial charge >= 0.3 is 5.97 Å². The third-order valence-corrected chi connectivity index (χ3v) is 2.98. The summed E-state index contributed by atoms with van der Waals surface area (Å²) in [5.74, 6) is -1.32. The van der Waals surface area contributed by atoms with Gasteiger partial charge in [-0.05, 0) is 26.3 Å². The Morgan fingerprint density at radius 3 is 2.83 bits per heavy atom. The first kappa shape index (κ1) is 14.9. The number of hydrogen-bond donors (Lipinski definition) is 2. The van der Waals surface area contributed by atoms with Gasteiger partial charge in [-0.2, -0.15) is 0 Å². The molecule has 0 aromatic carbocycles. The van der Waals surface area contributed by atoms with Crippen molar-refractivity contribution in [3.63, 3.8) is 0 Å². The number of hydrogen-bond acceptors (Lipinski definition) is 4. The van der Waals surface area contributed by atoms with E-state index in [1.807, 2.05) is 11.8 Å². The molecule has 2 atom stereocenters. The standard InChI is InChI=1S/C12H22N2O4/c1-3-18-10-5-4-6-14(7-10)8-11(12(16)17)13-9(2)15/h10-11H,3-8H2,1-2H3,(H,13,15)(H,16,17). The van der Waals surface area contributed by atoms with Crippen LogP contribution in [0.1, 0.15) is 26.7 Å². The fraction of sp³-hybridized carbons (Fsp3) is 0.833. The lowest BCUT2D eigenvalue weighted by Crippen LogP contribution is -2.51. The van der Waals surface area contributed by atoms with E-state index >= 15 is 0 Å². The Morgan fingerprint density at radius 2 is 2.28 bits per heavy atom. The van der Waals surface area contributed by atoms with E-state index in [1.54, 1.807) is 0 Å². The summed E-state index contributed by atoms with van der Waals surface area (Å²) in [6, 6.07) is -0.845. The fourth-order valence-corrected chi connectivity index (χ4v) is 2.24. The first-order valence-corrected chi connectivity index (χ1v) is 6.36. The van der Waals surface area contributed by atoms with Gasteiger partial charge in [0.05, 0.1) is 6.10 Å². The highest BCUT2D eigenvalue weighted by atomic mass is 16.5. The van der Waals surface area contributed by atoms with Gasteiger partial charge in [0.2, 0.25) is 5.91 Å². The molecule has 0 spiro atoms. The first-order chi connectivity index (χ1) is 8.52. The van der Waals surface area contributed by atoms with Crippen molar-refractivity contribution < 1.29 is 19.4 Å². The second kappa shape index (κ2) is 7.33. The van der Waals surface area contributed by atoms with E-state index in [-0.39, 0.29) is 12.0 Å². The molecule has 0 radical (unpaired) electrons. The van der Waals surface area contributed by atoms with Gasteiger partial charge in [0.25, 0.3) is 0 Å². The molecule has 1 fully saturated rings. The molecule has 2 unspecified atom stereocenters. The maximum absolute atomic E-state index is 11.0. The predicted molar refractivity (Wildman–Crippen MR) is 66.3 cm³/mol. The van der Waals surface area contributed by atoms with E-state index in [1.165, 1.54) is 6.92 Å². The fourth-order valence-electron chi connectivity index (χ4n) is 2.24. The third kappa shape index (κ3) is 5.01. The van der Waals surface area contributed by atoms with Crippen LogP contribution in [-0.2, 0) is 14.3 Å². The molecule has 0 aromatic heterocycles. The second-order valence-electron chi connectivity index (χ2n) is 4.57. The highest BCUT2D eigenvalue weighted by Crippen LogP contribution is 2.13. The van der Waals surface area contributed by atoms with Crippen molar-refractivity contribution in [1.29, 1.82) is 0 Å². The molecule has 18 heavy (non-hydrogen) atoms. The van der Waals surface area contributed by atoms with Crippen molar-refractivity contribution >= 4 is 11.9 Å². The van der Waals surface area contributed by atoms with Gasteiger partial charge < -0.3 is 15.2 Å². The van der Waals surface area contributed by atoms with E-state index in [2.05, 4.69) is 5.32 Å². The van der Waals surface area contributed by atoms with Crippen LogP contribution >= 0.6 is 0 Å². The van der Waals surface area contributed by atoms with Crippen molar-refractivity contribution in [2.75, 3.05) is 26.2 Å². The molecule has 104 valence electrons. The zero-order chi connectivity index (χ0) is 13.5. The van der Waals surface area contributed by atoms with E-state index < -0.39 is 12.0 Å². The van der Waals surface area contributed by atoms with Crippen LogP contribution in [0.2, 0.25) is 0 Å². The minimum atomic E-state index is -0.997. The summed E-state index contributed by atoms with van der Waals surface area (Å²) in [4.78, 5) is 24.0. The number of nitrogens with zero attached hydrogens (tertiary/aromatic N) is 1. The molecule has 1 amide bonds. The van der Waals surface area contributed by atoms with Crippen LogP contribution in [0, 0.1) is 0 Å². The minimum absolute atomic E-state index is 0.176. The normalized spacial score (nSPS) is 22.4. The Balaban J connectivity index is 2.47. The zero-order valence-corrected chi connectivity index (χ0v) is 11.0. The number of carbonyl (C=O) groups excluding carboxylic acids is 1. The summed E-state index contributed by atoms with van der Waals surface area (Å²) in [6.07, 6.45) is 2.19. The van der Waals surface area contributed by atoms with Crippen LogP contribution in [0.15, 0.2) is 0 Å². The Kier molecular flexibility index (Phi) is 6.07. The van der Waals surface area contributed by atoms with Crippen LogP contribution in [0.3, 0.4) is 0 Å². The lowest BCUT2D eigenvalue weighted by molar-refractivity contribution is -0.142. The molecule has 1 aliphatic rings. The van der Waals surface area contributed by atoms with Gasteiger partial charge in [-0.25, -0.2) is 4.79 Å². The lowest BCUT2D eigenvalue weighted by Gasteiger charge is -2.33. The Morgan fingerprint density at radius 1 is 1.56 bits per heavy atom. The zero-order valence-electron chi connectivity index (χ0n) is 11.0. The van der Waals surface area contributed by atoms with Crippen molar-refractivity contribution in [3.05, 3.63) is 0 Å². The SMILES string of the molecule is CCOC1CCCN(CC(NC(C)=O)C(=O)O)C1. The number of aliphatic carboxylic acids is 1. The molecule has 0 saturated carbocycles. The van der Waals surface area contributed by atoms with Crippen molar-refractivity contribution in [2.45, 2.75) is 38.8 Å². The summed E-state index contributed by atoms with van der Waals surface area (Å²) in [5, 5.41) is 11.5. The van der Waals surface area contributed by atoms with Gasteiger partial charge in [-0.1, -0.05) is 0 Å². The van der Waals surface area contributed by atoms with Crippen molar-refractivity contribution in [3.8, 4) is 0 Å². The third-order valence-electron chi connectivity index (χ3n) is 2.98. The number of carboxylic acids is 1. The maximum Gasteiger partial charge on any atom is 0.327 e. The Labute approximate surface area is 107 Å². The number of rotatable bonds is 6. The van der Waals surface area contributed by atoms with Crippen LogP contribution < -0.4 is 5.32 Å². The van der Waals surface area contributed by atoms with Crippen LogP contribution in [0.25, 0.3) is 0 Å². The molecule has 6 heteroatoms. The molecular weight excluding hydrogens is 236 g/mol. The smallest absolute Gasteiger partial charge is 0.327 e. The highest BCUT2D eigenvalue weighted by molar-refractivity contribution is 5.82. The number of ether oxygens (including phenoxy) is 1. The molecule has 1 rings (SSSR count). The monoisotopic (exact) mass is 258 g/mol. The molecule has 2 N–H and O–H groups in total. The Hall–Kier alpha value is -1.14. The topological polar surface area (TPSA) is 78.9 Å². The molecule has 1 heterocycles. The Bertz CT molecular complexity index is 294. The highest BCUT2D eigenvalue weighted by Gasteiger charge is 2.26. The van der Waals surface area contributed by atoms with Crippen LogP contribution in [-0.4, -0.2) is 60.3 Å². The number of piperidine rings is 1. The largest absolute Gasteiger partial charge is 0.480 e. The molecule has 0 aromatic rings. The molecule has 6 nitrogen and oxygen atoms in total. The first-order valence-electron chi connectivity index (χ1n) is 6.36. The summed E-state index contributed by atoms with van der Waals surface area (Å²) in [6.45, 7) is 5.88. The summed E-state index contributed by atoms with van der Waals surface area (Å²) in [7, 11) is 0. The number of amides is 1. The quantitative estimate of drug-likeness (QED) is 0.705. The van der Waals surface area contributed by atoms with Crippen LogP contribution in [0.4, 0.5) is 0 Å². The van der Waals surface area contributed by atoms with Gasteiger partial charge in [0, 0.05) is 26.6 Å². The van der Waals surface area contributed by atoms with E-state index in [0.717, 1.165) is 25.9 Å². The van der Waals surface area contributed by atoms with Gasteiger partial charge in [-0.15, -0.1) is 0 Å². The predicted octanol–water partition coefficient (Wildman–Crippen LogP) is 0.0766. The average molecular weight is 258 g/mol. The summed E-state index contributed by atoms with van der Waals surface area (Å²) >= 11 is 0. The summed E-state index contributed by atoms with van der Waals surface area (Å²) < 4.78 is 5.56. The van der Waals surface area contributed by atoms with E-state index in [9.17, 15) is 9.59 Å². The number of likely N-dealkylation sites (tertiary alicyclic amines) is 1. The maximum atomic E-state index is 11.0. The number of nitrogens with one attached hydrogen (secondary N) is 1. The minimum Gasteiger partial charge on any atom is -0.480 e. The van der Waals surface area contributed by atoms with E-state index in [0.29, 0.717) is 13.2 Å². The molecule has 0 bridgehead atoms. The lowest BCUT2D eigenvalue weighted by atomic mass is 10.1. The second-order valence-corrected chi connectivity index (χ2v) is 4.57. The van der Waals surface area contributed by atoms with Crippen LogP contribution in [0.5, 0.6) is 0 Å². The molecule has 1 aliphatic heterocycles. The van der Waals surface area contributed by atoms with Gasteiger partial charge in [-0.3, -0.25) is 9.69 Å². The number of carbonyl (C=O) groups is 2. The summed E-state index contributed by atoms with van der Waals surface area (Å²) in [5.41, 5.74) is 0. The van der Waals surface area contributed by atoms with E-state index in [4.69, 9.17) is 9.84 Å². The molecule has 0 aliphatic carbocycles. The number of carboxylic acid groups (broad SMARTS) is 1. The van der Waals surface area contributed by atoms with Gasteiger partial charge in [0.15, 0.2) is 0 Å². The molecular formula is C12H22N2O4. The average Bonchev–Trinajstić information content (AvgIpc) is 2.28. The van der Waals surface area contributed by atoms with Crippen molar-refractivity contribution in [2.24, 2.45) is 0 Å².